The van der Waals surface area contributed by atoms with Crippen molar-refractivity contribution < 1.29 is 4.74 Å². The van der Waals surface area contributed by atoms with Gasteiger partial charge in [0, 0.05) is 25.4 Å². The zero-order chi connectivity index (χ0) is 11.5. The van der Waals surface area contributed by atoms with Gasteiger partial charge < -0.3 is 4.74 Å². The molecule has 0 aromatic carbocycles. The Balaban J connectivity index is 2.27. The Morgan fingerprint density at radius 1 is 1.44 bits per heavy atom. The molecule has 0 unspecified atom stereocenters. The number of ether oxygens (including phenoxy) is 1. The van der Waals surface area contributed by atoms with Crippen LogP contribution in [0.3, 0.4) is 0 Å². The second-order valence-electron chi connectivity index (χ2n) is 3.34. The molecule has 0 aliphatic carbocycles. The van der Waals surface area contributed by atoms with Crippen LogP contribution in [0.2, 0.25) is 0 Å². The van der Waals surface area contributed by atoms with Gasteiger partial charge in [0.1, 0.15) is 17.5 Å². The van der Waals surface area contributed by atoms with Gasteiger partial charge in [-0.15, -0.1) is 0 Å². The molecule has 2 heterocycles. The Morgan fingerprint density at radius 2 is 2.25 bits per heavy atom. The SMILES string of the molecule is Cc1cc(Oc2ccnc(C#N)c2)n(C)n1. The molecule has 16 heavy (non-hydrogen) atoms. The highest BCUT2D eigenvalue weighted by molar-refractivity contribution is 5.32. The van der Waals surface area contributed by atoms with Crippen molar-refractivity contribution in [2.75, 3.05) is 0 Å². The van der Waals surface area contributed by atoms with Crippen LogP contribution in [0.1, 0.15) is 11.4 Å². The summed E-state index contributed by atoms with van der Waals surface area (Å²) in [4.78, 5) is 3.86. The zero-order valence-electron chi connectivity index (χ0n) is 9.01. The molecule has 0 atom stereocenters. The molecule has 5 heteroatoms. The molecule has 2 aromatic rings. The Morgan fingerprint density at radius 3 is 2.88 bits per heavy atom. The van der Waals surface area contributed by atoms with E-state index in [9.17, 15) is 0 Å². The van der Waals surface area contributed by atoms with E-state index < -0.39 is 0 Å². The normalized spacial score (nSPS) is 9.81. The molecular formula is C11H10N4O. The van der Waals surface area contributed by atoms with Crippen LogP contribution in [0, 0.1) is 18.3 Å². The molecule has 0 fully saturated rings. The third kappa shape index (κ3) is 2.01. The van der Waals surface area contributed by atoms with E-state index in [2.05, 4.69) is 10.1 Å². The van der Waals surface area contributed by atoms with Crippen molar-refractivity contribution in [3.05, 3.63) is 35.8 Å². The molecule has 0 saturated heterocycles. The van der Waals surface area contributed by atoms with Crippen LogP contribution in [0.5, 0.6) is 11.6 Å². The van der Waals surface area contributed by atoms with Crippen LogP contribution in [0.25, 0.3) is 0 Å². The second-order valence-corrected chi connectivity index (χ2v) is 3.34. The maximum Gasteiger partial charge on any atom is 0.217 e. The Labute approximate surface area is 92.9 Å². The van der Waals surface area contributed by atoms with E-state index in [4.69, 9.17) is 10.00 Å². The predicted octanol–water partition coefficient (Wildman–Crippen LogP) is 1.79. The van der Waals surface area contributed by atoms with E-state index >= 15 is 0 Å². The monoisotopic (exact) mass is 214 g/mol. The van der Waals surface area contributed by atoms with Gasteiger partial charge in [-0.3, -0.25) is 0 Å². The fourth-order valence-corrected chi connectivity index (χ4v) is 1.34. The van der Waals surface area contributed by atoms with E-state index in [1.54, 1.807) is 23.9 Å². The Kier molecular flexibility index (Phi) is 2.56. The summed E-state index contributed by atoms with van der Waals surface area (Å²) in [6.45, 7) is 1.89. The molecule has 0 aliphatic rings. The number of hydrogen-bond acceptors (Lipinski definition) is 4. The molecule has 0 spiro atoms. The van der Waals surface area contributed by atoms with Gasteiger partial charge in [-0.1, -0.05) is 0 Å². The number of aromatic nitrogens is 3. The summed E-state index contributed by atoms with van der Waals surface area (Å²) in [6.07, 6.45) is 1.54. The molecule has 80 valence electrons. The van der Waals surface area contributed by atoms with E-state index in [1.807, 2.05) is 19.1 Å². The molecule has 2 aromatic heterocycles. The summed E-state index contributed by atoms with van der Waals surface area (Å²) in [5.74, 6) is 1.21. The number of pyridine rings is 1. The molecule has 0 N–H and O–H groups in total. The standard InChI is InChI=1S/C11H10N4O/c1-8-5-11(15(2)14-8)16-10-3-4-13-9(6-10)7-12/h3-6H,1-2H3. The quantitative estimate of drug-likeness (QED) is 0.764. The molecule has 2 rings (SSSR count). The largest absolute Gasteiger partial charge is 0.439 e. The lowest BCUT2D eigenvalue weighted by atomic mass is 10.3. The first-order chi connectivity index (χ1) is 7.69. The summed E-state index contributed by atoms with van der Waals surface area (Å²) < 4.78 is 7.22. The highest BCUT2D eigenvalue weighted by Crippen LogP contribution is 2.21. The van der Waals surface area contributed by atoms with E-state index in [0.29, 0.717) is 17.3 Å². The smallest absolute Gasteiger partial charge is 0.217 e. The van der Waals surface area contributed by atoms with Gasteiger partial charge in [-0.25, -0.2) is 9.67 Å². The molecule has 5 nitrogen and oxygen atoms in total. The van der Waals surface area contributed by atoms with Crippen LogP contribution < -0.4 is 4.74 Å². The first-order valence-electron chi connectivity index (χ1n) is 4.73. The van der Waals surface area contributed by atoms with Crippen LogP contribution in [-0.2, 0) is 7.05 Å². The van der Waals surface area contributed by atoms with E-state index in [1.165, 1.54) is 6.20 Å². The lowest BCUT2D eigenvalue weighted by Crippen LogP contribution is -1.95. The van der Waals surface area contributed by atoms with Crippen molar-refractivity contribution >= 4 is 0 Å². The lowest BCUT2D eigenvalue weighted by Gasteiger charge is -2.04. The van der Waals surface area contributed by atoms with Gasteiger partial charge in [0.15, 0.2) is 0 Å². The molecule has 0 bridgehead atoms. The summed E-state index contributed by atoms with van der Waals surface area (Å²) in [6, 6.07) is 7.07. The topological polar surface area (TPSA) is 63.7 Å². The van der Waals surface area contributed by atoms with Gasteiger partial charge in [0.05, 0.1) is 5.69 Å². The average molecular weight is 214 g/mol. The van der Waals surface area contributed by atoms with Gasteiger partial charge in [0.2, 0.25) is 5.88 Å². The number of nitriles is 1. The molecule has 0 aliphatic heterocycles. The van der Waals surface area contributed by atoms with Crippen molar-refractivity contribution in [3.63, 3.8) is 0 Å². The maximum absolute atomic E-state index is 8.70. The van der Waals surface area contributed by atoms with Gasteiger partial charge in [-0.05, 0) is 13.0 Å². The number of aryl methyl sites for hydroxylation is 2. The molecule has 0 amide bonds. The first-order valence-corrected chi connectivity index (χ1v) is 4.73. The lowest BCUT2D eigenvalue weighted by molar-refractivity contribution is 0.430. The second kappa shape index (κ2) is 4.03. The minimum Gasteiger partial charge on any atom is -0.439 e. The van der Waals surface area contributed by atoms with Crippen LogP contribution in [0.4, 0.5) is 0 Å². The summed E-state index contributed by atoms with van der Waals surface area (Å²) in [5.41, 5.74) is 1.21. The van der Waals surface area contributed by atoms with Crippen molar-refractivity contribution in [1.29, 1.82) is 5.26 Å². The van der Waals surface area contributed by atoms with Crippen molar-refractivity contribution in [2.24, 2.45) is 7.05 Å². The van der Waals surface area contributed by atoms with Crippen molar-refractivity contribution in [3.8, 4) is 17.7 Å². The highest BCUT2D eigenvalue weighted by atomic mass is 16.5. The minimum atomic E-state index is 0.330. The average Bonchev–Trinajstić information content (AvgIpc) is 2.58. The van der Waals surface area contributed by atoms with Crippen molar-refractivity contribution in [1.82, 2.24) is 14.8 Å². The van der Waals surface area contributed by atoms with Crippen LogP contribution >= 0.6 is 0 Å². The molecule has 0 saturated carbocycles. The van der Waals surface area contributed by atoms with Gasteiger partial charge in [-0.2, -0.15) is 10.4 Å². The third-order valence-electron chi connectivity index (χ3n) is 2.03. The number of rotatable bonds is 2. The predicted molar refractivity (Wildman–Crippen MR) is 57.0 cm³/mol. The minimum absolute atomic E-state index is 0.330. The summed E-state index contributed by atoms with van der Waals surface area (Å²) in [7, 11) is 1.80. The summed E-state index contributed by atoms with van der Waals surface area (Å²) in [5, 5.41) is 12.9. The first kappa shape index (κ1) is 10.2. The van der Waals surface area contributed by atoms with Crippen molar-refractivity contribution in [2.45, 2.75) is 6.92 Å². The summed E-state index contributed by atoms with van der Waals surface area (Å²) >= 11 is 0. The Hall–Kier alpha value is -2.35. The number of hydrogen-bond donors (Lipinski definition) is 0. The van der Waals surface area contributed by atoms with E-state index in [0.717, 1.165) is 5.69 Å². The third-order valence-corrected chi connectivity index (χ3v) is 2.03. The molecular weight excluding hydrogens is 204 g/mol. The highest BCUT2D eigenvalue weighted by Gasteiger charge is 2.05. The number of nitrogens with zero attached hydrogens (tertiary/aromatic N) is 4. The zero-order valence-corrected chi connectivity index (χ0v) is 9.01. The van der Waals surface area contributed by atoms with Crippen LogP contribution in [0.15, 0.2) is 24.4 Å². The van der Waals surface area contributed by atoms with Gasteiger partial charge in [0.25, 0.3) is 0 Å². The van der Waals surface area contributed by atoms with E-state index in [-0.39, 0.29) is 0 Å². The fourth-order valence-electron chi connectivity index (χ4n) is 1.34. The molecule has 0 radical (unpaired) electrons. The maximum atomic E-state index is 8.70. The Bertz CT molecular complexity index is 553. The van der Waals surface area contributed by atoms with Gasteiger partial charge >= 0.3 is 0 Å². The van der Waals surface area contributed by atoms with Crippen LogP contribution in [-0.4, -0.2) is 14.8 Å². The fraction of sp³-hybridized carbons (Fsp3) is 0.182.